The fourth-order valence-electron chi connectivity index (χ4n) is 5.12. The minimum absolute atomic E-state index is 0.318. The highest BCUT2D eigenvalue weighted by atomic mass is 16.5. The molecule has 0 atom stereocenters. The van der Waals surface area contributed by atoms with Crippen LogP contribution < -0.4 is 20.0 Å². The fourth-order valence-corrected chi connectivity index (χ4v) is 5.12. The first-order chi connectivity index (χ1) is 17.5. The van der Waals surface area contributed by atoms with E-state index in [1.54, 1.807) is 13.2 Å². The molecule has 0 saturated carbocycles. The van der Waals surface area contributed by atoms with Crippen molar-refractivity contribution in [2.24, 2.45) is 0 Å². The van der Waals surface area contributed by atoms with E-state index in [0.717, 1.165) is 53.7 Å². The summed E-state index contributed by atoms with van der Waals surface area (Å²) in [6.07, 6.45) is 0. The van der Waals surface area contributed by atoms with Crippen LogP contribution in [0.25, 0.3) is 11.0 Å². The molecular formula is C30H33N2O4+. The maximum Gasteiger partial charge on any atom is 0.360 e. The summed E-state index contributed by atoms with van der Waals surface area (Å²) in [6, 6.07) is 24.2. The van der Waals surface area contributed by atoms with Gasteiger partial charge in [0.1, 0.15) is 35.9 Å². The van der Waals surface area contributed by atoms with Crippen LogP contribution in [-0.2, 0) is 13.2 Å². The van der Waals surface area contributed by atoms with Crippen LogP contribution in [0.4, 0.5) is 5.69 Å². The van der Waals surface area contributed by atoms with Crippen LogP contribution >= 0.6 is 0 Å². The predicted octanol–water partition coefficient (Wildman–Crippen LogP) is 5.16. The van der Waals surface area contributed by atoms with Gasteiger partial charge in [-0.25, -0.2) is 4.79 Å². The van der Waals surface area contributed by atoms with E-state index in [4.69, 9.17) is 13.9 Å². The van der Waals surface area contributed by atoms with Crippen LogP contribution in [0.5, 0.6) is 11.5 Å². The van der Waals surface area contributed by atoms with Gasteiger partial charge in [-0.2, -0.15) is 0 Å². The smallest absolute Gasteiger partial charge is 0.360 e. The number of piperazine rings is 1. The van der Waals surface area contributed by atoms with Gasteiger partial charge in [-0.3, -0.25) is 0 Å². The Labute approximate surface area is 211 Å². The van der Waals surface area contributed by atoms with Gasteiger partial charge in [0, 0.05) is 17.7 Å². The summed E-state index contributed by atoms with van der Waals surface area (Å²) in [5, 5.41) is 0.813. The quantitative estimate of drug-likeness (QED) is 0.268. The van der Waals surface area contributed by atoms with Gasteiger partial charge in [-0.15, -0.1) is 0 Å². The number of hydrogen-bond acceptors (Lipinski definition) is 5. The topological polar surface area (TPSA) is 51.9 Å². The van der Waals surface area contributed by atoms with Crippen LogP contribution in [0.3, 0.4) is 0 Å². The van der Waals surface area contributed by atoms with E-state index < -0.39 is 0 Å². The Morgan fingerprint density at radius 1 is 0.944 bits per heavy atom. The number of hydrogen-bond donors (Lipinski definition) is 0. The monoisotopic (exact) mass is 485 g/mol. The summed E-state index contributed by atoms with van der Waals surface area (Å²) < 4.78 is 18.5. The van der Waals surface area contributed by atoms with Crippen molar-refractivity contribution in [3.05, 3.63) is 99.9 Å². The molecule has 0 aliphatic carbocycles. The normalized spacial score (nSPS) is 15.1. The van der Waals surface area contributed by atoms with Crippen molar-refractivity contribution in [3.63, 3.8) is 0 Å². The number of benzene rings is 3. The van der Waals surface area contributed by atoms with E-state index in [2.05, 4.69) is 42.3 Å². The van der Waals surface area contributed by atoms with Gasteiger partial charge in [-0.05, 0) is 18.1 Å². The van der Waals surface area contributed by atoms with Gasteiger partial charge in [0.25, 0.3) is 0 Å². The third-order valence-corrected chi connectivity index (χ3v) is 7.18. The molecule has 0 bridgehead atoms. The summed E-state index contributed by atoms with van der Waals surface area (Å²) in [5.41, 5.74) is 4.07. The summed E-state index contributed by atoms with van der Waals surface area (Å²) in [4.78, 5) is 15.4. The Kier molecular flexibility index (Phi) is 6.70. The lowest BCUT2D eigenvalue weighted by molar-refractivity contribution is -0.923. The van der Waals surface area contributed by atoms with Gasteiger partial charge in [0.15, 0.2) is 0 Å². The van der Waals surface area contributed by atoms with Crippen molar-refractivity contribution in [3.8, 4) is 11.5 Å². The van der Waals surface area contributed by atoms with Crippen LogP contribution in [0, 0.1) is 6.92 Å². The largest absolute Gasteiger partial charge is 0.496 e. The molecule has 1 fully saturated rings. The summed E-state index contributed by atoms with van der Waals surface area (Å²) in [5.74, 6) is 1.24. The zero-order chi connectivity index (χ0) is 25.1. The molecule has 1 aliphatic heterocycles. The first kappa shape index (κ1) is 23.9. The van der Waals surface area contributed by atoms with E-state index in [1.807, 2.05) is 43.3 Å². The van der Waals surface area contributed by atoms with Crippen LogP contribution in [0.2, 0.25) is 0 Å². The summed E-state index contributed by atoms with van der Waals surface area (Å²) >= 11 is 0. The Morgan fingerprint density at radius 2 is 1.58 bits per heavy atom. The lowest BCUT2D eigenvalue weighted by Crippen LogP contribution is -2.57. The second-order valence-electron chi connectivity index (χ2n) is 9.83. The fraction of sp³-hybridized carbons (Fsp3) is 0.300. The number of anilines is 1. The average Bonchev–Trinajstić information content (AvgIpc) is 2.89. The maximum absolute atomic E-state index is 13.2. The molecule has 0 unspecified atom stereocenters. The molecule has 4 aromatic rings. The number of likely N-dealkylation sites (N-methyl/N-ethyl adjacent to an activating group) is 1. The van der Waals surface area contributed by atoms with Gasteiger partial charge >= 0.3 is 5.63 Å². The maximum atomic E-state index is 13.2. The molecule has 0 N–H and O–H groups in total. The van der Waals surface area contributed by atoms with Crippen LogP contribution in [0.15, 0.2) is 82.0 Å². The van der Waals surface area contributed by atoms with Crippen molar-refractivity contribution < 1.29 is 18.4 Å². The van der Waals surface area contributed by atoms with E-state index in [1.165, 1.54) is 5.56 Å². The molecule has 36 heavy (non-hydrogen) atoms. The molecule has 186 valence electrons. The lowest BCUT2D eigenvalue weighted by atomic mass is 10.1. The third kappa shape index (κ3) is 4.95. The Hall–Kier alpha value is -3.77. The van der Waals surface area contributed by atoms with Gasteiger partial charge in [-0.1, -0.05) is 60.7 Å². The van der Waals surface area contributed by atoms with Crippen LogP contribution in [-0.4, -0.2) is 44.8 Å². The molecule has 0 spiro atoms. The van der Waals surface area contributed by atoms with Gasteiger partial charge in [0.2, 0.25) is 0 Å². The first-order valence-corrected chi connectivity index (χ1v) is 12.4. The molecule has 1 saturated heterocycles. The second kappa shape index (κ2) is 10.1. The lowest BCUT2D eigenvalue weighted by Gasteiger charge is -2.42. The third-order valence-electron chi connectivity index (χ3n) is 7.18. The number of ether oxygens (including phenoxy) is 2. The molecule has 6 nitrogen and oxygen atoms in total. The van der Waals surface area contributed by atoms with Crippen molar-refractivity contribution >= 4 is 16.7 Å². The SMILES string of the molecule is COc1cc(OCc2ccccc2)c2c(C)c(N3CC[N+](C)(Cc4ccccc4)CC3)c(=O)oc2c1. The molecule has 1 aliphatic rings. The van der Waals surface area contributed by atoms with Gasteiger partial charge in [0.05, 0.1) is 45.7 Å². The number of fused-ring (bicyclic) bond motifs is 1. The zero-order valence-electron chi connectivity index (χ0n) is 21.2. The molecule has 0 radical (unpaired) electrons. The number of quaternary nitrogens is 1. The highest BCUT2D eigenvalue weighted by Gasteiger charge is 2.31. The number of rotatable bonds is 7. The molecule has 0 amide bonds. The Morgan fingerprint density at radius 3 is 2.22 bits per heavy atom. The molecular weight excluding hydrogens is 452 g/mol. The molecule has 1 aromatic heterocycles. The molecule has 2 heterocycles. The number of aryl methyl sites for hydroxylation is 1. The summed E-state index contributed by atoms with van der Waals surface area (Å²) in [6.45, 7) is 6.86. The second-order valence-corrected chi connectivity index (χ2v) is 9.83. The highest BCUT2D eigenvalue weighted by molar-refractivity contribution is 5.91. The van der Waals surface area contributed by atoms with Crippen molar-refractivity contribution in [1.29, 1.82) is 0 Å². The Bertz CT molecular complexity index is 1390. The minimum atomic E-state index is -0.318. The van der Waals surface area contributed by atoms with E-state index in [-0.39, 0.29) is 5.63 Å². The van der Waals surface area contributed by atoms with Crippen molar-refractivity contribution in [1.82, 2.24) is 0 Å². The van der Waals surface area contributed by atoms with Crippen molar-refractivity contribution in [2.45, 2.75) is 20.1 Å². The zero-order valence-corrected chi connectivity index (χ0v) is 21.2. The highest BCUT2D eigenvalue weighted by Crippen LogP contribution is 2.37. The van der Waals surface area contributed by atoms with E-state index in [9.17, 15) is 4.79 Å². The van der Waals surface area contributed by atoms with E-state index in [0.29, 0.717) is 29.4 Å². The number of nitrogens with zero attached hydrogens (tertiary/aromatic N) is 2. The average molecular weight is 486 g/mol. The Balaban J connectivity index is 1.44. The van der Waals surface area contributed by atoms with Crippen molar-refractivity contribution in [2.75, 3.05) is 45.2 Å². The first-order valence-electron chi connectivity index (χ1n) is 12.4. The summed E-state index contributed by atoms with van der Waals surface area (Å²) in [7, 11) is 3.89. The van der Waals surface area contributed by atoms with Gasteiger partial charge < -0.3 is 23.3 Å². The molecule has 3 aromatic carbocycles. The number of methoxy groups -OCH3 is 1. The molecule has 5 rings (SSSR count). The standard InChI is InChI=1S/C30H33N2O4/c1-22-28-26(35-21-24-12-8-5-9-13-24)18-25(34-3)19-27(28)36-30(33)29(22)31-14-16-32(2,17-15-31)20-23-10-6-4-7-11-23/h4-13,18-19H,14-17,20-21H2,1-3H3/q+1. The molecule has 6 heteroatoms. The van der Waals surface area contributed by atoms with Crippen LogP contribution in [0.1, 0.15) is 16.7 Å². The van der Waals surface area contributed by atoms with E-state index >= 15 is 0 Å². The minimum Gasteiger partial charge on any atom is -0.496 e. The predicted molar refractivity (Wildman–Crippen MR) is 143 cm³/mol.